The number of H-pyrrole nitrogens is 3. The van der Waals surface area contributed by atoms with Crippen molar-refractivity contribution in [3.63, 3.8) is 0 Å². The van der Waals surface area contributed by atoms with E-state index >= 15 is 0 Å². The zero-order chi connectivity index (χ0) is 13.1. The highest BCUT2D eigenvalue weighted by molar-refractivity contribution is 5.77. The van der Waals surface area contributed by atoms with Crippen LogP contribution in [0.25, 0.3) is 11.0 Å². The lowest BCUT2D eigenvalue weighted by Gasteiger charge is -2.00. The Labute approximate surface area is 108 Å². The van der Waals surface area contributed by atoms with Gasteiger partial charge in [0.05, 0.1) is 11.0 Å². The summed E-state index contributed by atoms with van der Waals surface area (Å²) >= 11 is 0. The summed E-state index contributed by atoms with van der Waals surface area (Å²) in [6.07, 6.45) is 1.57. The molecule has 0 spiro atoms. The van der Waals surface area contributed by atoms with Crippen molar-refractivity contribution in [3.8, 4) is 0 Å². The Hall–Kier alpha value is -2.57. The topological polar surface area (TPSA) is 102 Å². The molecule has 19 heavy (non-hydrogen) atoms. The number of hydrogen-bond donors (Lipinski definition) is 4. The summed E-state index contributed by atoms with van der Waals surface area (Å²) in [5.41, 5.74) is 1.70. The van der Waals surface area contributed by atoms with Crippen molar-refractivity contribution < 1.29 is 0 Å². The van der Waals surface area contributed by atoms with Gasteiger partial charge in [-0.1, -0.05) is 12.1 Å². The van der Waals surface area contributed by atoms with Crippen LogP contribution in [0.3, 0.4) is 0 Å². The molecule has 1 aromatic carbocycles. The molecule has 0 aliphatic heterocycles. The first-order valence-electron chi connectivity index (χ1n) is 6.13. The summed E-state index contributed by atoms with van der Waals surface area (Å²) in [4.78, 5) is 21.1. The molecule has 0 aliphatic carbocycles. The Morgan fingerprint density at radius 2 is 2.11 bits per heavy atom. The molecule has 4 N–H and O–H groups in total. The van der Waals surface area contributed by atoms with E-state index in [1.54, 1.807) is 0 Å². The second kappa shape index (κ2) is 4.97. The Balaban J connectivity index is 1.53. The Morgan fingerprint density at radius 3 is 2.89 bits per heavy atom. The van der Waals surface area contributed by atoms with Crippen LogP contribution in [0.1, 0.15) is 12.2 Å². The molecule has 0 aliphatic rings. The smallest absolute Gasteiger partial charge is 0.340 e. The van der Waals surface area contributed by atoms with Crippen LogP contribution in [0.4, 0.5) is 5.95 Å². The van der Waals surface area contributed by atoms with Crippen molar-refractivity contribution in [1.29, 1.82) is 0 Å². The van der Waals surface area contributed by atoms with Gasteiger partial charge >= 0.3 is 5.69 Å². The number of aromatic amines is 3. The Morgan fingerprint density at radius 1 is 1.21 bits per heavy atom. The number of anilines is 1. The molecule has 3 rings (SSSR count). The van der Waals surface area contributed by atoms with E-state index in [0.717, 1.165) is 29.9 Å². The quantitative estimate of drug-likeness (QED) is 0.513. The van der Waals surface area contributed by atoms with Gasteiger partial charge in [0.15, 0.2) is 0 Å². The van der Waals surface area contributed by atoms with Crippen LogP contribution in [0, 0.1) is 0 Å². The Kier molecular flexibility index (Phi) is 3.01. The largest absolute Gasteiger partial charge is 0.356 e. The van der Waals surface area contributed by atoms with Crippen LogP contribution in [0.2, 0.25) is 0 Å². The van der Waals surface area contributed by atoms with Gasteiger partial charge in [-0.3, -0.25) is 4.98 Å². The molecule has 2 aromatic heterocycles. The van der Waals surface area contributed by atoms with E-state index in [1.807, 2.05) is 24.3 Å². The van der Waals surface area contributed by atoms with E-state index in [0.29, 0.717) is 12.2 Å². The molecule has 0 unspecified atom stereocenters. The molecule has 7 nitrogen and oxygen atoms in total. The van der Waals surface area contributed by atoms with Gasteiger partial charge < -0.3 is 10.3 Å². The molecule has 0 amide bonds. The van der Waals surface area contributed by atoms with Crippen molar-refractivity contribution in [1.82, 2.24) is 25.1 Å². The molecule has 0 saturated carbocycles. The molecule has 98 valence electrons. The fourth-order valence-electron chi connectivity index (χ4n) is 1.92. The van der Waals surface area contributed by atoms with Crippen molar-refractivity contribution in [2.24, 2.45) is 0 Å². The predicted molar refractivity (Wildman–Crippen MR) is 72.1 cm³/mol. The standard InChI is InChI=1S/C12H14N6O/c19-12-16-10(17-18-12)6-3-7-13-11-14-8-4-1-2-5-9(8)15-11/h1-2,4-5H,3,6-7H2,(H2,13,14,15)(H2,16,17,18,19). The molecule has 0 bridgehead atoms. The summed E-state index contributed by atoms with van der Waals surface area (Å²) in [6, 6.07) is 7.88. The molecule has 0 atom stereocenters. The maximum atomic E-state index is 10.8. The minimum Gasteiger partial charge on any atom is -0.356 e. The average molecular weight is 258 g/mol. The summed E-state index contributed by atoms with van der Waals surface area (Å²) in [6.45, 7) is 0.759. The number of imidazole rings is 1. The van der Waals surface area contributed by atoms with E-state index in [2.05, 4.69) is 30.5 Å². The van der Waals surface area contributed by atoms with Crippen molar-refractivity contribution in [3.05, 3.63) is 40.6 Å². The third-order valence-corrected chi connectivity index (χ3v) is 2.82. The van der Waals surface area contributed by atoms with E-state index in [1.165, 1.54) is 0 Å². The van der Waals surface area contributed by atoms with Gasteiger partial charge in [0, 0.05) is 13.0 Å². The number of fused-ring (bicyclic) bond motifs is 1. The number of aromatic nitrogens is 5. The number of aryl methyl sites for hydroxylation is 1. The normalized spacial score (nSPS) is 10.9. The first-order chi connectivity index (χ1) is 9.31. The fourth-order valence-corrected chi connectivity index (χ4v) is 1.92. The first kappa shape index (κ1) is 11.5. The second-order valence-electron chi connectivity index (χ2n) is 4.26. The number of rotatable bonds is 5. The number of nitrogens with one attached hydrogen (secondary N) is 4. The van der Waals surface area contributed by atoms with Crippen LogP contribution in [-0.4, -0.2) is 31.7 Å². The van der Waals surface area contributed by atoms with Gasteiger partial charge in [-0.05, 0) is 18.6 Å². The van der Waals surface area contributed by atoms with E-state index in [4.69, 9.17) is 0 Å². The van der Waals surface area contributed by atoms with Crippen molar-refractivity contribution >= 4 is 17.0 Å². The second-order valence-corrected chi connectivity index (χ2v) is 4.26. The van der Waals surface area contributed by atoms with Crippen molar-refractivity contribution in [2.45, 2.75) is 12.8 Å². The number of para-hydroxylation sites is 2. The maximum Gasteiger partial charge on any atom is 0.340 e. The molecule has 0 saturated heterocycles. The van der Waals surface area contributed by atoms with Gasteiger partial charge in [-0.25, -0.2) is 14.9 Å². The van der Waals surface area contributed by atoms with Crippen LogP contribution >= 0.6 is 0 Å². The van der Waals surface area contributed by atoms with Crippen LogP contribution in [-0.2, 0) is 6.42 Å². The molecule has 0 radical (unpaired) electrons. The third kappa shape index (κ3) is 2.65. The van der Waals surface area contributed by atoms with Crippen molar-refractivity contribution in [2.75, 3.05) is 11.9 Å². The monoisotopic (exact) mass is 258 g/mol. The fraction of sp³-hybridized carbons (Fsp3) is 0.250. The highest BCUT2D eigenvalue weighted by Gasteiger charge is 2.01. The lowest BCUT2D eigenvalue weighted by molar-refractivity contribution is 0.802. The van der Waals surface area contributed by atoms with Crippen LogP contribution in [0.5, 0.6) is 0 Å². The molecule has 7 heteroatoms. The lowest BCUT2D eigenvalue weighted by Crippen LogP contribution is -2.05. The molecule has 0 fully saturated rings. The summed E-state index contributed by atoms with van der Waals surface area (Å²) in [7, 11) is 0. The first-order valence-corrected chi connectivity index (χ1v) is 6.13. The SMILES string of the molecule is O=c1[nH]nc(CCCNc2nc3ccccc3[nH]2)[nH]1. The van der Waals surface area contributed by atoms with E-state index < -0.39 is 0 Å². The number of nitrogens with zero attached hydrogens (tertiary/aromatic N) is 2. The zero-order valence-electron chi connectivity index (χ0n) is 10.2. The third-order valence-electron chi connectivity index (χ3n) is 2.82. The summed E-state index contributed by atoms with van der Waals surface area (Å²) in [5.74, 6) is 1.44. The number of hydrogen-bond acceptors (Lipinski definition) is 4. The predicted octanol–water partition coefficient (Wildman–Crippen LogP) is 1.02. The van der Waals surface area contributed by atoms with Gasteiger partial charge in [0.1, 0.15) is 5.82 Å². The molecule has 2 heterocycles. The average Bonchev–Trinajstić information content (AvgIpc) is 3.00. The molecular formula is C12H14N6O. The highest BCUT2D eigenvalue weighted by Crippen LogP contribution is 2.13. The zero-order valence-corrected chi connectivity index (χ0v) is 10.2. The lowest BCUT2D eigenvalue weighted by atomic mass is 10.3. The minimum atomic E-state index is -0.264. The van der Waals surface area contributed by atoms with Crippen LogP contribution < -0.4 is 11.0 Å². The maximum absolute atomic E-state index is 10.8. The van der Waals surface area contributed by atoms with Gasteiger partial charge in [0.25, 0.3) is 0 Å². The molecule has 3 aromatic rings. The van der Waals surface area contributed by atoms with Gasteiger partial charge in [-0.15, -0.1) is 0 Å². The van der Waals surface area contributed by atoms with E-state index in [-0.39, 0.29) is 5.69 Å². The van der Waals surface area contributed by atoms with Crippen LogP contribution in [0.15, 0.2) is 29.1 Å². The highest BCUT2D eigenvalue weighted by atomic mass is 16.1. The minimum absolute atomic E-state index is 0.264. The summed E-state index contributed by atoms with van der Waals surface area (Å²) in [5, 5.41) is 9.41. The van der Waals surface area contributed by atoms with Gasteiger partial charge in [-0.2, -0.15) is 5.10 Å². The number of benzene rings is 1. The summed E-state index contributed by atoms with van der Waals surface area (Å²) < 4.78 is 0. The molecular weight excluding hydrogens is 244 g/mol. The van der Waals surface area contributed by atoms with Gasteiger partial charge in [0.2, 0.25) is 5.95 Å². The Bertz CT molecular complexity index is 692. The van der Waals surface area contributed by atoms with E-state index in [9.17, 15) is 4.79 Å².